The molecule has 1 aliphatic heterocycles. The summed E-state index contributed by atoms with van der Waals surface area (Å²) in [5, 5.41) is 8.53. The first-order chi connectivity index (χ1) is 20.1. The molecular weight excluding hydrogens is 576 g/mol. The van der Waals surface area contributed by atoms with Crippen molar-refractivity contribution in [3.05, 3.63) is 47.8 Å². The van der Waals surface area contributed by atoms with Gasteiger partial charge in [0.2, 0.25) is 0 Å². The monoisotopic (exact) mass is 608 g/mol. The van der Waals surface area contributed by atoms with E-state index >= 15 is 0 Å². The fourth-order valence-electron chi connectivity index (χ4n) is 4.20. The Hall–Kier alpha value is -3.67. The quantitative estimate of drug-likeness (QED) is 0.179. The maximum Gasteiger partial charge on any atom is 0.447 e. The highest BCUT2D eigenvalue weighted by Crippen LogP contribution is 2.39. The van der Waals surface area contributed by atoms with Gasteiger partial charge in [-0.25, -0.2) is 9.37 Å². The summed E-state index contributed by atoms with van der Waals surface area (Å²) in [6.45, 7) is 1.42. The summed E-state index contributed by atoms with van der Waals surface area (Å²) in [7, 11) is 5.35. The van der Waals surface area contributed by atoms with Gasteiger partial charge in [0.1, 0.15) is 29.2 Å². The van der Waals surface area contributed by atoms with Crippen LogP contribution >= 0.6 is 11.8 Å². The maximum absolute atomic E-state index is 14.4. The first-order valence-corrected chi connectivity index (χ1v) is 14.0. The van der Waals surface area contributed by atoms with Crippen LogP contribution in [0.4, 0.5) is 28.9 Å². The minimum atomic E-state index is -4.59. The standard InChI is InChI=1S/C28H32F4N6O3S/c1-33-26(39)18-8-9-24(41-15-13-37(2)3)23(16-18)34-11-4-6-22-27(42-28(30,31)32)38-12-5-7-21(25(38)36-22)35-20-10-14-40-17-19(20)29/h5,7-9,12,16,19-20,34-35H,10-11,13-15,17H2,1-3H3,(H,33,39)/t19-,20+/m0/s1. The lowest BCUT2D eigenvalue weighted by atomic mass is 10.1. The molecule has 0 unspecified atom stereocenters. The number of hydrogen-bond acceptors (Lipinski definition) is 8. The molecule has 2 atom stereocenters. The average Bonchev–Trinajstić information content (AvgIpc) is 3.28. The van der Waals surface area contributed by atoms with Gasteiger partial charge in [0.15, 0.2) is 5.65 Å². The Bertz CT molecular complexity index is 1450. The molecule has 1 aromatic carbocycles. The van der Waals surface area contributed by atoms with Crippen LogP contribution in [0.2, 0.25) is 0 Å². The molecule has 0 radical (unpaired) electrons. The van der Waals surface area contributed by atoms with E-state index in [9.17, 15) is 22.4 Å². The number of fused-ring (bicyclic) bond motifs is 1. The molecule has 0 saturated carbocycles. The summed E-state index contributed by atoms with van der Waals surface area (Å²) in [4.78, 5) is 18.5. The highest BCUT2D eigenvalue weighted by molar-refractivity contribution is 8.00. The molecule has 226 valence electrons. The van der Waals surface area contributed by atoms with Crippen molar-refractivity contribution >= 4 is 34.7 Å². The third-order valence-electron chi connectivity index (χ3n) is 6.29. The number of ether oxygens (including phenoxy) is 2. The highest BCUT2D eigenvalue weighted by Gasteiger charge is 2.33. The number of hydrogen-bond donors (Lipinski definition) is 3. The summed E-state index contributed by atoms with van der Waals surface area (Å²) < 4.78 is 67.2. The van der Waals surface area contributed by atoms with Crippen LogP contribution in [0.3, 0.4) is 0 Å². The van der Waals surface area contributed by atoms with E-state index in [-0.39, 0.29) is 47.2 Å². The number of carbonyl (C=O) groups excluding carboxylic acids is 1. The fraction of sp³-hybridized carbons (Fsp3) is 0.429. The van der Waals surface area contributed by atoms with Crippen LogP contribution in [0.15, 0.2) is 41.6 Å². The molecule has 1 saturated heterocycles. The first kappa shape index (κ1) is 31.3. The van der Waals surface area contributed by atoms with Crippen molar-refractivity contribution in [1.82, 2.24) is 19.6 Å². The van der Waals surface area contributed by atoms with Crippen LogP contribution in [0.25, 0.3) is 5.65 Å². The molecule has 2 aromatic heterocycles. The van der Waals surface area contributed by atoms with Crippen molar-refractivity contribution in [2.45, 2.75) is 29.2 Å². The molecule has 3 N–H and O–H groups in total. The molecular formula is C28H32F4N6O3S. The number of anilines is 2. The zero-order valence-corrected chi connectivity index (χ0v) is 24.2. The number of alkyl halides is 4. The zero-order valence-electron chi connectivity index (χ0n) is 23.3. The number of nitrogens with zero attached hydrogens (tertiary/aromatic N) is 3. The van der Waals surface area contributed by atoms with Crippen molar-refractivity contribution in [3.8, 4) is 17.6 Å². The maximum atomic E-state index is 14.4. The Morgan fingerprint density at radius 3 is 2.81 bits per heavy atom. The second-order valence-corrected chi connectivity index (χ2v) is 10.7. The highest BCUT2D eigenvalue weighted by atomic mass is 32.2. The third kappa shape index (κ3) is 8.21. The Kier molecular flexibility index (Phi) is 10.4. The van der Waals surface area contributed by atoms with Gasteiger partial charge in [0.05, 0.1) is 30.6 Å². The number of likely N-dealkylation sites (N-methyl/N-ethyl adjacent to an activating group) is 1. The van der Waals surface area contributed by atoms with E-state index < -0.39 is 17.7 Å². The predicted octanol–water partition coefficient (Wildman–Crippen LogP) is 4.25. The number of halogens is 4. The normalized spacial score (nSPS) is 17.0. The summed E-state index contributed by atoms with van der Waals surface area (Å²) in [6.07, 6.45) is 0.610. The van der Waals surface area contributed by atoms with Gasteiger partial charge in [0.25, 0.3) is 5.91 Å². The number of pyridine rings is 1. The molecule has 14 heteroatoms. The van der Waals surface area contributed by atoms with Crippen molar-refractivity contribution in [1.29, 1.82) is 0 Å². The topological polar surface area (TPSA) is 92.2 Å². The van der Waals surface area contributed by atoms with E-state index in [1.54, 1.807) is 30.3 Å². The van der Waals surface area contributed by atoms with Gasteiger partial charge in [-0.3, -0.25) is 9.20 Å². The smallest absolute Gasteiger partial charge is 0.447 e. The molecule has 1 amide bonds. The van der Waals surface area contributed by atoms with Gasteiger partial charge in [-0.2, -0.15) is 13.2 Å². The van der Waals surface area contributed by atoms with E-state index in [0.717, 1.165) is 0 Å². The van der Waals surface area contributed by atoms with Crippen LogP contribution in [-0.2, 0) is 4.74 Å². The van der Waals surface area contributed by atoms with Crippen LogP contribution < -0.4 is 20.7 Å². The van der Waals surface area contributed by atoms with Crippen molar-refractivity contribution in [2.24, 2.45) is 0 Å². The van der Waals surface area contributed by atoms with Gasteiger partial charge in [-0.1, -0.05) is 5.92 Å². The van der Waals surface area contributed by atoms with E-state index in [4.69, 9.17) is 9.47 Å². The number of aromatic nitrogens is 2. The van der Waals surface area contributed by atoms with Crippen LogP contribution in [0.1, 0.15) is 22.5 Å². The molecule has 3 aromatic rings. The van der Waals surface area contributed by atoms with Crippen LogP contribution in [-0.4, -0.2) is 92.0 Å². The number of amides is 1. The van der Waals surface area contributed by atoms with Gasteiger partial charge in [0, 0.05) is 43.7 Å². The first-order valence-electron chi connectivity index (χ1n) is 13.2. The lowest BCUT2D eigenvalue weighted by molar-refractivity contribution is -0.0330. The van der Waals surface area contributed by atoms with E-state index in [0.29, 0.717) is 48.9 Å². The van der Waals surface area contributed by atoms with Crippen LogP contribution in [0, 0.1) is 11.8 Å². The minimum absolute atomic E-state index is 0.0297. The minimum Gasteiger partial charge on any atom is -0.490 e. The van der Waals surface area contributed by atoms with E-state index in [1.807, 2.05) is 19.0 Å². The van der Waals surface area contributed by atoms with Crippen molar-refractivity contribution in [3.63, 3.8) is 0 Å². The molecule has 1 fully saturated rings. The fourth-order valence-corrected chi connectivity index (χ4v) is 4.86. The number of rotatable bonds is 10. The third-order valence-corrected chi connectivity index (χ3v) is 7.10. The molecule has 42 heavy (non-hydrogen) atoms. The molecule has 9 nitrogen and oxygen atoms in total. The second-order valence-electron chi connectivity index (χ2n) is 9.66. The molecule has 1 aliphatic rings. The van der Waals surface area contributed by atoms with Crippen molar-refractivity contribution in [2.75, 3.05) is 64.7 Å². The summed E-state index contributed by atoms with van der Waals surface area (Å²) in [5.41, 5.74) is -3.15. The lowest BCUT2D eigenvalue weighted by Gasteiger charge is -2.27. The number of carbonyl (C=O) groups is 1. The lowest BCUT2D eigenvalue weighted by Crippen LogP contribution is -2.39. The van der Waals surface area contributed by atoms with Gasteiger partial charge in [-0.05, 0) is 56.8 Å². The zero-order chi connectivity index (χ0) is 30.3. The summed E-state index contributed by atoms with van der Waals surface area (Å²) in [5.74, 6) is 5.79. The Morgan fingerprint density at radius 1 is 1.29 bits per heavy atom. The molecule has 0 aliphatic carbocycles. The SMILES string of the molecule is CNC(=O)c1ccc(OCCN(C)C)c(NCC#Cc2nc3c(N[C@@H]4CCOC[C@@H]4F)cccn3c2SC(F)(F)F)c1. The second kappa shape index (κ2) is 14.0. The van der Waals surface area contributed by atoms with E-state index in [2.05, 4.69) is 32.8 Å². The van der Waals surface area contributed by atoms with Crippen LogP contribution in [0.5, 0.6) is 5.75 Å². The molecule has 4 rings (SSSR count). The number of nitrogens with one attached hydrogen (secondary N) is 3. The number of thioether (sulfide) groups is 1. The molecule has 0 spiro atoms. The van der Waals surface area contributed by atoms with Gasteiger partial charge < -0.3 is 30.3 Å². The number of imidazole rings is 1. The van der Waals surface area contributed by atoms with Gasteiger partial charge in [-0.15, -0.1) is 0 Å². The number of benzene rings is 1. The molecule has 3 heterocycles. The Balaban J connectivity index is 1.60. The predicted molar refractivity (Wildman–Crippen MR) is 154 cm³/mol. The average molecular weight is 609 g/mol. The van der Waals surface area contributed by atoms with Crippen molar-refractivity contribution < 1.29 is 31.8 Å². The Labute approximate surface area is 245 Å². The summed E-state index contributed by atoms with van der Waals surface area (Å²) >= 11 is -0.318. The van der Waals surface area contributed by atoms with E-state index in [1.165, 1.54) is 17.6 Å². The Morgan fingerprint density at radius 2 is 2.10 bits per heavy atom. The van der Waals surface area contributed by atoms with Gasteiger partial charge >= 0.3 is 5.51 Å². The largest absolute Gasteiger partial charge is 0.490 e. The molecule has 0 bridgehead atoms. The summed E-state index contributed by atoms with van der Waals surface area (Å²) in [6, 6.07) is 7.58.